The number of imidazole rings is 1. The molecule has 5 rings (SSSR count). The second kappa shape index (κ2) is 6.70. The van der Waals surface area contributed by atoms with Gasteiger partial charge >= 0.3 is 0 Å². The Morgan fingerprint density at radius 2 is 1.87 bits per heavy atom. The fraction of sp³-hybridized carbons (Fsp3) is 0.0455. The number of H-pyrrole nitrogens is 1. The van der Waals surface area contributed by atoms with Crippen LogP contribution in [0.15, 0.2) is 82.7 Å². The number of aromatic nitrogens is 2. The fourth-order valence-electron chi connectivity index (χ4n) is 3.64. The molecule has 3 heterocycles. The van der Waals surface area contributed by atoms with Gasteiger partial charge in [0.15, 0.2) is 11.5 Å². The van der Waals surface area contributed by atoms with Crippen molar-refractivity contribution >= 4 is 28.7 Å². The van der Waals surface area contributed by atoms with Crippen LogP contribution in [0.25, 0.3) is 11.0 Å². The molecule has 30 heavy (non-hydrogen) atoms. The quantitative estimate of drug-likeness (QED) is 0.500. The lowest BCUT2D eigenvalue weighted by Crippen LogP contribution is -2.32. The van der Waals surface area contributed by atoms with Gasteiger partial charge in [0.25, 0.3) is 5.91 Å². The number of ketones is 1. The summed E-state index contributed by atoms with van der Waals surface area (Å²) in [5.74, 6) is -2.96. The number of para-hydroxylation sites is 2. The van der Waals surface area contributed by atoms with Crippen molar-refractivity contribution in [1.82, 2.24) is 9.97 Å². The molecule has 8 heteroatoms. The van der Waals surface area contributed by atoms with Crippen LogP contribution in [-0.4, -0.2) is 26.8 Å². The third kappa shape index (κ3) is 2.61. The maximum atomic E-state index is 14.8. The first kappa shape index (κ1) is 17.9. The van der Waals surface area contributed by atoms with E-state index in [1.807, 2.05) is 0 Å². The van der Waals surface area contributed by atoms with E-state index in [1.165, 1.54) is 36.6 Å². The second-order valence-corrected chi connectivity index (χ2v) is 6.75. The molecule has 0 aliphatic carbocycles. The van der Waals surface area contributed by atoms with Crippen LogP contribution in [-0.2, 0) is 4.79 Å². The minimum absolute atomic E-state index is 0.0465. The van der Waals surface area contributed by atoms with E-state index in [2.05, 4.69) is 9.97 Å². The van der Waals surface area contributed by atoms with E-state index >= 15 is 0 Å². The molecule has 2 N–H and O–H groups in total. The summed E-state index contributed by atoms with van der Waals surface area (Å²) < 4.78 is 19.9. The summed E-state index contributed by atoms with van der Waals surface area (Å²) >= 11 is 0. The molecule has 0 radical (unpaired) electrons. The van der Waals surface area contributed by atoms with Crippen LogP contribution in [0.4, 0.5) is 10.3 Å². The molecule has 7 nitrogen and oxygen atoms in total. The number of hydrogen-bond donors (Lipinski definition) is 2. The minimum atomic E-state index is -1.23. The Balaban J connectivity index is 1.71. The average Bonchev–Trinajstić information content (AvgIpc) is 3.47. The van der Waals surface area contributed by atoms with Gasteiger partial charge in [0.05, 0.1) is 22.9 Å². The molecule has 1 atom stereocenters. The van der Waals surface area contributed by atoms with Crippen LogP contribution < -0.4 is 4.90 Å². The Morgan fingerprint density at radius 3 is 2.60 bits per heavy atom. The summed E-state index contributed by atoms with van der Waals surface area (Å²) in [7, 11) is 0. The molecule has 0 bridgehead atoms. The molecular formula is C22H14FN3O4. The summed E-state index contributed by atoms with van der Waals surface area (Å²) in [6, 6.07) is 14.6. The third-order valence-electron chi connectivity index (χ3n) is 5.00. The average molecular weight is 403 g/mol. The number of rotatable bonds is 4. The second-order valence-electron chi connectivity index (χ2n) is 6.75. The first-order chi connectivity index (χ1) is 14.6. The van der Waals surface area contributed by atoms with Gasteiger partial charge in [0, 0.05) is 5.56 Å². The summed E-state index contributed by atoms with van der Waals surface area (Å²) in [4.78, 5) is 34.6. The van der Waals surface area contributed by atoms with Gasteiger partial charge < -0.3 is 14.5 Å². The van der Waals surface area contributed by atoms with Gasteiger partial charge in [-0.3, -0.25) is 14.5 Å². The molecule has 1 aliphatic heterocycles. The van der Waals surface area contributed by atoms with Gasteiger partial charge in [0.2, 0.25) is 11.7 Å². The number of halogens is 1. The predicted molar refractivity (Wildman–Crippen MR) is 105 cm³/mol. The molecule has 0 saturated carbocycles. The van der Waals surface area contributed by atoms with Crippen LogP contribution in [0.5, 0.6) is 0 Å². The lowest BCUT2D eigenvalue weighted by Gasteiger charge is -2.24. The van der Waals surface area contributed by atoms with Gasteiger partial charge in [0.1, 0.15) is 11.9 Å². The molecule has 0 saturated heterocycles. The minimum Gasteiger partial charge on any atom is -0.503 e. The number of furan rings is 1. The van der Waals surface area contributed by atoms with Crippen molar-refractivity contribution in [3.05, 3.63) is 95.4 Å². The van der Waals surface area contributed by atoms with Crippen LogP contribution >= 0.6 is 0 Å². The standard InChI is InChI=1S/C22H14FN3O4/c23-13-7-2-1-6-12(13)18-17(19(27)16-10-5-11-30-16)20(28)21(29)26(18)22-24-14-8-3-4-9-15(14)25-22/h1-11,18,28H,(H,24,25). The molecule has 1 amide bonds. The normalized spacial score (nSPS) is 16.6. The summed E-state index contributed by atoms with van der Waals surface area (Å²) in [6.07, 6.45) is 1.30. The number of aliphatic hydroxyl groups excluding tert-OH is 1. The maximum Gasteiger partial charge on any atom is 0.296 e. The highest BCUT2D eigenvalue weighted by Crippen LogP contribution is 2.42. The molecule has 0 fully saturated rings. The first-order valence-electron chi connectivity index (χ1n) is 9.10. The number of nitrogens with one attached hydrogen (secondary N) is 1. The van der Waals surface area contributed by atoms with E-state index in [1.54, 1.807) is 30.3 Å². The monoisotopic (exact) mass is 403 g/mol. The molecule has 148 valence electrons. The van der Waals surface area contributed by atoms with E-state index < -0.39 is 29.3 Å². The predicted octanol–water partition coefficient (Wildman–Crippen LogP) is 4.08. The number of carbonyl (C=O) groups is 2. The van der Waals surface area contributed by atoms with Gasteiger partial charge in [-0.15, -0.1) is 0 Å². The molecule has 0 spiro atoms. The van der Waals surface area contributed by atoms with Gasteiger partial charge in [-0.2, -0.15) is 0 Å². The zero-order valence-electron chi connectivity index (χ0n) is 15.4. The molecular weight excluding hydrogens is 389 g/mol. The third-order valence-corrected chi connectivity index (χ3v) is 5.00. The zero-order chi connectivity index (χ0) is 20.8. The van der Waals surface area contributed by atoms with E-state index in [0.29, 0.717) is 11.0 Å². The van der Waals surface area contributed by atoms with Crippen molar-refractivity contribution in [2.24, 2.45) is 0 Å². The molecule has 1 aliphatic rings. The van der Waals surface area contributed by atoms with Gasteiger partial charge in [-0.25, -0.2) is 9.37 Å². The number of carbonyl (C=O) groups excluding carboxylic acids is 2. The van der Waals surface area contributed by atoms with Gasteiger partial charge in [-0.05, 0) is 30.3 Å². The van der Waals surface area contributed by atoms with Crippen molar-refractivity contribution in [3.8, 4) is 0 Å². The summed E-state index contributed by atoms with van der Waals surface area (Å²) in [5, 5.41) is 10.6. The van der Waals surface area contributed by atoms with Crippen molar-refractivity contribution in [3.63, 3.8) is 0 Å². The number of aromatic amines is 1. The van der Waals surface area contributed by atoms with Crippen molar-refractivity contribution < 1.29 is 23.5 Å². The summed E-state index contributed by atoms with van der Waals surface area (Å²) in [5.41, 5.74) is 1.00. The van der Waals surface area contributed by atoms with Gasteiger partial charge in [-0.1, -0.05) is 30.3 Å². The molecule has 4 aromatic rings. The Bertz CT molecular complexity index is 1290. The van der Waals surface area contributed by atoms with E-state index in [9.17, 15) is 19.1 Å². The topological polar surface area (TPSA) is 99.4 Å². The van der Waals surface area contributed by atoms with E-state index in [0.717, 1.165) is 4.90 Å². The lowest BCUT2D eigenvalue weighted by atomic mass is 9.95. The molecule has 2 aromatic carbocycles. The molecule has 1 unspecified atom stereocenters. The Hall–Kier alpha value is -4.20. The largest absolute Gasteiger partial charge is 0.503 e. The van der Waals surface area contributed by atoms with Crippen LogP contribution in [0.2, 0.25) is 0 Å². The number of nitrogens with zero attached hydrogens (tertiary/aromatic N) is 2. The lowest BCUT2D eigenvalue weighted by molar-refractivity contribution is -0.117. The molecule has 2 aromatic heterocycles. The number of aliphatic hydroxyl groups is 1. The fourth-order valence-corrected chi connectivity index (χ4v) is 3.64. The SMILES string of the molecule is O=C(C1=C(O)C(=O)N(c2nc3ccccc3[nH]2)C1c1ccccc1F)c1ccco1. The van der Waals surface area contributed by atoms with Crippen molar-refractivity contribution in [1.29, 1.82) is 0 Å². The number of fused-ring (bicyclic) bond motifs is 1. The highest BCUT2D eigenvalue weighted by Gasteiger charge is 2.47. The Kier molecular flexibility index (Phi) is 3.99. The Morgan fingerprint density at radius 1 is 1.10 bits per heavy atom. The van der Waals surface area contributed by atoms with Crippen molar-refractivity contribution in [2.45, 2.75) is 6.04 Å². The smallest absolute Gasteiger partial charge is 0.296 e. The number of anilines is 1. The maximum absolute atomic E-state index is 14.8. The van der Waals surface area contributed by atoms with E-state index in [4.69, 9.17) is 4.42 Å². The zero-order valence-corrected chi connectivity index (χ0v) is 15.4. The van der Waals surface area contributed by atoms with Crippen LogP contribution in [0.3, 0.4) is 0 Å². The van der Waals surface area contributed by atoms with E-state index in [-0.39, 0.29) is 22.8 Å². The number of hydrogen-bond acceptors (Lipinski definition) is 5. The first-order valence-corrected chi connectivity index (χ1v) is 9.10. The van der Waals surface area contributed by atoms with Crippen molar-refractivity contribution in [2.75, 3.05) is 4.90 Å². The van der Waals surface area contributed by atoms with Crippen LogP contribution in [0, 0.1) is 5.82 Å². The number of benzene rings is 2. The number of Topliss-reactive ketones (excluding diaryl/α,β-unsaturated/α-hetero) is 1. The van der Waals surface area contributed by atoms with Crippen LogP contribution in [0.1, 0.15) is 22.2 Å². The Labute approximate surface area is 169 Å². The summed E-state index contributed by atoms with van der Waals surface area (Å²) in [6.45, 7) is 0. The highest BCUT2D eigenvalue weighted by molar-refractivity contribution is 6.19. The highest BCUT2D eigenvalue weighted by atomic mass is 19.1. The number of amides is 1.